The van der Waals surface area contributed by atoms with Gasteiger partial charge in [-0.15, -0.1) is 0 Å². The maximum absolute atomic E-state index is 12.9. The summed E-state index contributed by atoms with van der Waals surface area (Å²) in [5.41, 5.74) is 0.940. The molecular weight excluding hydrogens is 280 g/mol. The van der Waals surface area contributed by atoms with Gasteiger partial charge in [0.1, 0.15) is 0 Å². The van der Waals surface area contributed by atoms with Crippen LogP contribution in [0.4, 0.5) is 5.69 Å². The number of likely N-dealkylation sites (tertiary alicyclic amines) is 1. The van der Waals surface area contributed by atoms with E-state index in [1.165, 1.54) is 0 Å². The molecule has 3 aliphatic heterocycles. The molecule has 4 rings (SSSR count). The number of carbonyl (C=O) groups is 1. The first kappa shape index (κ1) is 14.2. The van der Waals surface area contributed by atoms with Crippen LogP contribution in [0.25, 0.3) is 0 Å². The molecule has 22 heavy (non-hydrogen) atoms. The van der Waals surface area contributed by atoms with Crippen LogP contribution in [0.3, 0.4) is 0 Å². The molecule has 1 aromatic heterocycles. The number of ether oxygens (including phenoxy) is 1. The van der Waals surface area contributed by atoms with Gasteiger partial charge < -0.3 is 9.64 Å². The molecule has 0 radical (unpaired) electrons. The monoisotopic (exact) mass is 304 g/mol. The lowest BCUT2D eigenvalue weighted by atomic mass is 9.88. The molecule has 0 aromatic carbocycles. The van der Waals surface area contributed by atoms with E-state index in [4.69, 9.17) is 4.74 Å². The topological polar surface area (TPSA) is 50.6 Å². The highest BCUT2D eigenvalue weighted by molar-refractivity contribution is 5.96. The van der Waals surface area contributed by atoms with Crippen LogP contribution < -0.4 is 4.90 Å². The van der Waals surface area contributed by atoms with Crippen molar-refractivity contribution in [2.75, 3.05) is 37.7 Å². The SMILES string of the molecule is Cn1cc(N2CC[C@@H]3CN(C4CCOCC4)C[C@H]3C2=O)cn1. The zero-order valence-electron chi connectivity index (χ0n) is 13.1. The number of carbonyl (C=O) groups excluding carboxylic acids is 1. The number of nitrogens with zero attached hydrogens (tertiary/aromatic N) is 4. The van der Waals surface area contributed by atoms with Gasteiger partial charge in [-0.25, -0.2) is 0 Å². The van der Waals surface area contributed by atoms with Crippen molar-refractivity contribution in [2.45, 2.75) is 25.3 Å². The van der Waals surface area contributed by atoms with E-state index in [2.05, 4.69) is 10.00 Å². The van der Waals surface area contributed by atoms with E-state index in [1.54, 1.807) is 10.9 Å². The van der Waals surface area contributed by atoms with Crippen LogP contribution in [0.5, 0.6) is 0 Å². The largest absolute Gasteiger partial charge is 0.381 e. The smallest absolute Gasteiger partial charge is 0.231 e. The second kappa shape index (κ2) is 5.66. The van der Waals surface area contributed by atoms with Crippen molar-refractivity contribution >= 4 is 11.6 Å². The van der Waals surface area contributed by atoms with Gasteiger partial charge in [0.25, 0.3) is 0 Å². The van der Waals surface area contributed by atoms with Gasteiger partial charge in [0, 0.05) is 52.1 Å². The highest BCUT2D eigenvalue weighted by atomic mass is 16.5. The summed E-state index contributed by atoms with van der Waals surface area (Å²) in [6, 6.07) is 0.610. The average molecular weight is 304 g/mol. The Morgan fingerprint density at radius 3 is 2.77 bits per heavy atom. The lowest BCUT2D eigenvalue weighted by Crippen LogP contribution is -2.45. The van der Waals surface area contributed by atoms with Crippen molar-refractivity contribution in [3.8, 4) is 0 Å². The van der Waals surface area contributed by atoms with E-state index in [9.17, 15) is 4.79 Å². The minimum atomic E-state index is 0.164. The molecule has 3 fully saturated rings. The first-order valence-corrected chi connectivity index (χ1v) is 8.34. The van der Waals surface area contributed by atoms with Crippen molar-refractivity contribution < 1.29 is 9.53 Å². The van der Waals surface area contributed by atoms with Crippen molar-refractivity contribution in [1.82, 2.24) is 14.7 Å². The lowest BCUT2D eigenvalue weighted by Gasteiger charge is -2.33. The average Bonchev–Trinajstić information content (AvgIpc) is 3.15. The number of hydrogen-bond acceptors (Lipinski definition) is 4. The first-order chi connectivity index (χ1) is 10.7. The fraction of sp³-hybridized carbons (Fsp3) is 0.750. The Bertz CT molecular complexity index is 552. The second-order valence-corrected chi connectivity index (χ2v) is 6.81. The number of piperidine rings is 1. The zero-order chi connectivity index (χ0) is 15.1. The number of aromatic nitrogens is 2. The molecule has 0 spiro atoms. The van der Waals surface area contributed by atoms with Crippen LogP contribution >= 0.6 is 0 Å². The Morgan fingerprint density at radius 2 is 2.05 bits per heavy atom. The predicted octanol–water partition coefficient (Wildman–Crippen LogP) is 0.884. The number of rotatable bonds is 2. The molecule has 1 aromatic rings. The van der Waals surface area contributed by atoms with Crippen LogP contribution in [-0.2, 0) is 16.6 Å². The number of anilines is 1. The fourth-order valence-electron chi connectivity index (χ4n) is 4.23. The van der Waals surface area contributed by atoms with Gasteiger partial charge in [-0.05, 0) is 25.2 Å². The van der Waals surface area contributed by atoms with Crippen molar-refractivity contribution in [2.24, 2.45) is 18.9 Å². The molecule has 0 N–H and O–H groups in total. The highest BCUT2D eigenvalue weighted by Gasteiger charge is 2.45. The van der Waals surface area contributed by atoms with Crippen molar-refractivity contribution in [1.29, 1.82) is 0 Å². The normalized spacial score (nSPS) is 30.8. The lowest BCUT2D eigenvalue weighted by molar-refractivity contribution is -0.124. The van der Waals surface area contributed by atoms with E-state index in [0.717, 1.165) is 57.8 Å². The summed E-state index contributed by atoms with van der Waals surface area (Å²) < 4.78 is 7.23. The van der Waals surface area contributed by atoms with E-state index < -0.39 is 0 Å². The maximum Gasteiger partial charge on any atom is 0.231 e. The van der Waals surface area contributed by atoms with E-state index in [-0.39, 0.29) is 5.92 Å². The first-order valence-electron chi connectivity index (χ1n) is 8.34. The van der Waals surface area contributed by atoms with E-state index in [0.29, 0.717) is 17.9 Å². The minimum absolute atomic E-state index is 0.164. The third kappa shape index (κ3) is 2.44. The number of aryl methyl sites for hydroxylation is 1. The van der Waals surface area contributed by atoms with Crippen LogP contribution in [0.1, 0.15) is 19.3 Å². The Kier molecular flexibility index (Phi) is 3.66. The molecule has 0 saturated carbocycles. The summed E-state index contributed by atoms with van der Waals surface area (Å²) in [5, 5.41) is 4.20. The zero-order valence-corrected chi connectivity index (χ0v) is 13.1. The van der Waals surface area contributed by atoms with Crippen LogP contribution in [0, 0.1) is 11.8 Å². The predicted molar refractivity (Wildman–Crippen MR) is 82.6 cm³/mol. The summed E-state index contributed by atoms with van der Waals surface area (Å²) in [7, 11) is 1.89. The maximum atomic E-state index is 12.9. The van der Waals surface area contributed by atoms with Gasteiger partial charge in [-0.3, -0.25) is 14.4 Å². The third-order valence-electron chi connectivity index (χ3n) is 5.49. The summed E-state index contributed by atoms with van der Waals surface area (Å²) in [6.07, 6.45) is 7.05. The third-order valence-corrected chi connectivity index (χ3v) is 5.49. The molecule has 2 atom stereocenters. The molecular formula is C16H24N4O2. The molecule has 6 nitrogen and oxygen atoms in total. The Balaban J connectivity index is 1.47. The highest BCUT2D eigenvalue weighted by Crippen LogP contribution is 2.36. The molecule has 3 saturated heterocycles. The molecule has 1 amide bonds. The van der Waals surface area contributed by atoms with Gasteiger partial charge in [0.05, 0.1) is 17.8 Å². The fourth-order valence-corrected chi connectivity index (χ4v) is 4.23. The number of fused-ring (bicyclic) bond motifs is 1. The van der Waals surface area contributed by atoms with Crippen LogP contribution in [0.2, 0.25) is 0 Å². The minimum Gasteiger partial charge on any atom is -0.381 e. The second-order valence-electron chi connectivity index (χ2n) is 6.81. The van der Waals surface area contributed by atoms with Gasteiger partial charge in [0.2, 0.25) is 5.91 Å². The van der Waals surface area contributed by atoms with Crippen molar-refractivity contribution in [3.63, 3.8) is 0 Å². The molecule has 0 aliphatic carbocycles. The molecule has 120 valence electrons. The molecule has 4 heterocycles. The summed E-state index contributed by atoms with van der Waals surface area (Å²) in [5.74, 6) is 0.985. The van der Waals surface area contributed by atoms with Gasteiger partial charge in [0.15, 0.2) is 0 Å². The van der Waals surface area contributed by atoms with Crippen LogP contribution in [0.15, 0.2) is 12.4 Å². The molecule has 0 bridgehead atoms. The standard InChI is InChI=1S/C16H24N4O2/c1-18-10-14(8-17-18)20-5-2-12-9-19(11-15(12)16(20)21)13-3-6-22-7-4-13/h8,10,12-13,15H,2-7,9,11H2,1H3/t12-,15-/m1/s1. The van der Waals surface area contributed by atoms with Gasteiger partial charge in [-0.2, -0.15) is 5.10 Å². The number of amides is 1. The van der Waals surface area contributed by atoms with Gasteiger partial charge >= 0.3 is 0 Å². The van der Waals surface area contributed by atoms with Crippen molar-refractivity contribution in [3.05, 3.63) is 12.4 Å². The van der Waals surface area contributed by atoms with Gasteiger partial charge in [-0.1, -0.05) is 0 Å². The molecule has 6 heteroatoms. The summed E-state index contributed by atoms with van der Waals surface area (Å²) in [6.45, 7) is 4.57. The van der Waals surface area contributed by atoms with Crippen LogP contribution in [-0.4, -0.2) is 59.5 Å². The molecule has 0 unspecified atom stereocenters. The quantitative estimate of drug-likeness (QED) is 0.814. The Labute approximate surface area is 131 Å². The summed E-state index contributed by atoms with van der Waals surface area (Å²) >= 11 is 0. The van der Waals surface area contributed by atoms with E-state index >= 15 is 0 Å². The number of hydrogen-bond donors (Lipinski definition) is 0. The molecule has 3 aliphatic rings. The Hall–Kier alpha value is -1.40. The van der Waals surface area contributed by atoms with E-state index in [1.807, 2.05) is 18.1 Å². The Morgan fingerprint density at radius 1 is 1.23 bits per heavy atom. The summed E-state index contributed by atoms with van der Waals surface area (Å²) in [4.78, 5) is 17.4.